The second kappa shape index (κ2) is 8.40. The number of aliphatic imine (C=N–C) groups is 1. The third kappa shape index (κ3) is 3.97. The molecule has 0 saturated carbocycles. The summed E-state index contributed by atoms with van der Waals surface area (Å²) in [6.45, 7) is 3.62. The van der Waals surface area contributed by atoms with Crippen LogP contribution >= 0.6 is 0 Å². The number of furan rings is 1. The number of amides is 1. The molecule has 0 bridgehead atoms. The molecule has 2 aromatic rings. The van der Waals surface area contributed by atoms with Crippen LogP contribution in [0.1, 0.15) is 19.8 Å². The molecular weight excluding hydrogens is 368 g/mol. The maximum Gasteiger partial charge on any atom is 0.256 e. The van der Waals surface area contributed by atoms with E-state index in [4.69, 9.17) is 15.1 Å². The average molecular weight is 392 g/mol. The van der Waals surface area contributed by atoms with E-state index in [1.165, 1.54) is 0 Å². The van der Waals surface area contributed by atoms with Crippen LogP contribution in [0.3, 0.4) is 0 Å². The van der Waals surface area contributed by atoms with Crippen molar-refractivity contribution in [3.8, 4) is 11.5 Å². The molecule has 2 unspecified atom stereocenters. The van der Waals surface area contributed by atoms with Gasteiger partial charge < -0.3 is 20.4 Å². The Morgan fingerprint density at radius 2 is 2.21 bits per heavy atom. The topological polar surface area (TPSA) is 110 Å². The Kier molecular flexibility index (Phi) is 5.53. The summed E-state index contributed by atoms with van der Waals surface area (Å²) in [5.41, 5.74) is 6.85. The molecule has 0 spiro atoms. The molecular formula is C21H24N6O2. The van der Waals surface area contributed by atoms with E-state index >= 15 is 0 Å². The minimum Gasteiger partial charge on any atom is -0.463 e. The van der Waals surface area contributed by atoms with Gasteiger partial charge in [-0.25, -0.2) is 0 Å². The summed E-state index contributed by atoms with van der Waals surface area (Å²) in [6.07, 6.45) is 9.17. The van der Waals surface area contributed by atoms with Crippen molar-refractivity contribution in [2.75, 3.05) is 18.4 Å². The van der Waals surface area contributed by atoms with Crippen molar-refractivity contribution in [2.45, 2.75) is 31.8 Å². The molecule has 29 heavy (non-hydrogen) atoms. The van der Waals surface area contributed by atoms with Crippen LogP contribution in [0.25, 0.3) is 11.5 Å². The van der Waals surface area contributed by atoms with E-state index in [0.717, 1.165) is 25.2 Å². The molecule has 8 nitrogen and oxygen atoms in total. The molecule has 0 radical (unpaired) electrons. The number of hydrogen-bond acceptors (Lipinski definition) is 7. The lowest BCUT2D eigenvalue weighted by atomic mass is 9.97. The predicted molar refractivity (Wildman–Crippen MR) is 111 cm³/mol. The molecule has 150 valence electrons. The maximum atomic E-state index is 12.7. The van der Waals surface area contributed by atoms with Gasteiger partial charge in [-0.05, 0) is 43.3 Å². The highest BCUT2D eigenvalue weighted by atomic mass is 16.3. The summed E-state index contributed by atoms with van der Waals surface area (Å²) < 4.78 is 5.30. The van der Waals surface area contributed by atoms with E-state index in [-0.39, 0.29) is 18.0 Å². The number of anilines is 1. The lowest BCUT2D eigenvalue weighted by Gasteiger charge is -2.29. The normalized spacial score (nSPS) is 20.3. The lowest BCUT2D eigenvalue weighted by Crippen LogP contribution is -2.40. The quantitative estimate of drug-likeness (QED) is 0.749. The highest BCUT2D eigenvalue weighted by Gasteiger charge is 2.34. The van der Waals surface area contributed by atoms with Crippen molar-refractivity contribution in [3.05, 3.63) is 54.3 Å². The number of aromatic nitrogens is 2. The number of carbonyl (C=O) groups is 1. The minimum absolute atomic E-state index is 0.0547. The van der Waals surface area contributed by atoms with Crippen molar-refractivity contribution in [1.29, 1.82) is 0 Å². The highest BCUT2D eigenvalue weighted by Crippen LogP contribution is 2.27. The number of nitrogens with two attached hydrogens (primary N) is 1. The molecule has 0 saturated heterocycles. The zero-order valence-electron chi connectivity index (χ0n) is 16.3. The standard InChI is InChI=1S/C21H24N6O2/c1-2-20-23-16-13-14(6-8-17(16)27(20)11-4-10-22)21(28)24-19-9-7-15(25-26-19)18-5-3-12-29-18/h3,5-9,12-13,16-17H,2,4,10-11,22H2,1H3,(H,24,26,28). The fourth-order valence-corrected chi connectivity index (χ4v) is 3.60. The van der Waals surface area contributed by atoms with Crippen LogP contribution in [-0.4, -0.2) is 52.0 Å². The highest BCUT2D eigenvalue weighted by molar-refractivity contribution is 6.05. The zero-order chi connectivity index (χ0) is 20.2. The molecule has 1 aliphatic carbocycles. The van der Waals surface area contributed by atoms with E-state index in [2.05, 4.69) is 27.3 Å². The first-order valence-corrected chi connectivity index (χ1v) is 9.82. The van der Waals surface area contributed by atoms with Crippen LogP contribution in [0.15, 0.2) is 63.7 Å². The van der Waals surface area contributed by atoms with Gasteiger partial charge in [-0.1, -0.05) is 19.1 Å². The molecule has 8 heteroatoms. The average Bonchev–Trinajstić information content (AvgIpc) is 3.40. The summed E-state index contributed by atoms with van der Waals surface area (Å²) >= 11 is 0. The number of nitrogens with one attached hydrogen (secondary N) is 1. The maximum absolute atomic E-state index is 12.7. The molecule has 0 fully saturated rings. The number of rotatable bonds is 7. The number of amidine groups is 1. The SMILES string of the molecule is CCC1=NC2C=C(C(=O)Nc3ccc(-c4ccco4)nn3)C=CC2N1CCCN. The molecule has 1 amide bonds. The summed E-state index contributed by atoms with van der Waals surface area (Å²) in [5.74, 6) is 1.85. The third-order valence-corrected chi connectivity index (χ3v) is 5.02. The van der Waals surface area contributed by atoms with Gasteiger partial charge in [0.05, 0.1) is 24.2 Å². The van der Waals surface area contributed by atoms with Crippen molar-refractivity contribution >= 4 is 17.6 Å². The van der Waals surface area contributed by atoms with Gasteiger partial charge in [0, 0.05) is 18.5 Å². The van der Waals surface area contributed by atoms with Gasteiger partial charge in [-0.3, -0.25) is 9.79 Å². The van der Waals surface area contributed by atoms with Crippen LogP contribution in [0.4, 0.5) is 5.82 Å². The van der Waals surface area contributed by atoms with E-state index < -0.39 is 0 Å². The smallest absolute Gasteiger partial charge is 0.256 e. The summed E-state index contributed by atoms with van der Waals surface area (Å²) in [7, 11) is 0. The molecule has 1 aliphatic heterocycles. The Labute approximate surface area is 169 Å². The van der Waals surface area contributed by atoms with Gasteiger partial charge in [0.15, 0.2) is 11.6 Å². The fourth-order valence-electron chi connectivity index (χ4n) is 3.60. The summed E-state index contributed by atoms with van der Waals surface area (Å²) in [4.78, 5) is 19.8. The first-order valence-electron chi connectivity index (χ1n) is 9.82. The van der Waals surface area contributed by atoms with Crippen molar-refractivity contribution in [3.63, 3.8) is 0 Å². The summed E-state index contributed by atoms with van der Waals surface area (Å²) in [5, 5.41) is 11.0. The van der Waals surface area contributed by atoms with Crippen LogP contribution < -0.4 is 11.1 Å². The van der Waals surface area contributed by atoms with Crippen LogP contribution in [-0.2, 0) is 4.79 Å². The third-order valence-electron chi connectivity index (χ3n) is 5.02. The first kappa shape index (κ1) is 19.1. The van der Waals surface area contributed by atoms with E-state index in [0.29, 0.717) is 29.4 Å². The van der Waals surface area contributed by atoms with E-state index in [1.54, 1.807) is 30.5 Å². The number of nitrogens with zero attached hydrogens (tertiary/aromatic N) is 4. The van der Waals surface area contributed by atoms with Gasteiger partial charge in [-0.2, -0.15) is 0 Å². The molecule has 3 heterocycles. The predicted octanol–water partition coefficient (Wildman–Crippen LogP) is 2.38. The fraction of sp³-hybridized carbons (Fsp3) is 0.333. The van der Waals surface area contributed by atoms with Crippen LogP contribution in [0.5, 0.6) is 0 Å². The Balaban J connectivity index is 1.44. The van der Waals surface area contributed by atoms with Gasteiger partial charge in [0.1, 0.15) is 5.69 Å². The van der Waals surface area contributed by atoms with Crippen molar-refractivity contribution < 1.29 is 9.21 Å². The Hall–Kier alpha value is -3.26. The molecule has 3 N–H and O–H groups in total. The van der Waals surface area contributed by atoms with Gasteiger partial charge in [0.2, 0.25) is 0 Å². The van der Waals surface area contributed by atoms with Crippen LogP contribution in [0.2, 0.25) is 0 Å². The number of carbonyl (C=O) groups excluding carboxylic acids is 1. The first-order chi connectivity index (χ1) is 14.2. The lowest BCUT2D eigenvalue weighted by molar-refractivity contribution is -0.112. The van der Waals surface area contributed by atoms with Gasteiger partial charge in [-0.15, -0.1) is 10.2 Å². The zero-order valence-corrected chi connectivity index (χ0v) is 16.3. The van der Waals surface area contributed by atoms with Gasteiger partial charge in [0.25, 0.3) is 5.91 Å². The Morgan fingerprint density at radius 3 is 2.90 bits per heavy atom. The monoisotopic (exact) mass is 392 g/mol. The van der Waals surface area contributed by atoms with E-state index in [1.807, 2.05) is 18.2 Å². The van der Waals surface area contributed by atoms with Crippen molar-refractivity contribution in [2.24, 2.45) is 10.7 Å². The summed E-state index contributed by atoms with van der Waals surface area (Å²) in [6, 6.07) is 7.15. The largest absolute Gasteiger partial charge is 0.463 e. The Bertz CT molecular complexity index is 946. The van der Waals surface area contributed by atoms with Gasteiger partial charge >= 0.3 is 0 Å². The molecule has 2 atom stereocenters. The Morgan fingerprint density at radius 1 is 1.31 bits per heavy atom. The van der Waals surface area contributed by atoms with Crippen molar-refractivity contribution in [1.82, 2.24) is 15.1 Å². The molecule has 4 rings (SSSR count). The molecule has 2 aliphatic rings. The molecule has 2 aromatic heterocycles. The minimum atomic E-state index is -0.228. The van der Waals surface area contributed by atoms with E-state index in [9.17, 15) is 4.79 Å². The second-order valence-electron chi connectivity index (χ2n) is 6.93. The number of fused-ring (bicyclic) bond motifs is 1. The molecule has 0 aromatic carbocycles. The second-order valence-corrected chi connectivity index (χ2v) is 6.93. The number of hydrogen-bond donors (Lipinski definition) is 2. The van der Waals surface area contributed by atoms with Crippen LogP contribution in [0, 0.1) is 0 Å².